The van der Waals surface area contributed by atoms with Crippen LogP contribution in [0.15, 0.2) is 199 Å². The maximum atomic E-state index is 6.53. The van der Waals surface area contributed by atoms with Gasteiger partial charge < -0.3 is 8.98 Å². The van der Waals surface area contributed by atoms with Crippen LogP contribution in [0.5, 0.6) is 0 Å². The molecule has 0 amide bonds. The van der Waals surface area contributed by atoms with Crippen LogP contribution in [0, 0.1) is 0 Å². The highest BCUT2D eigenvalue weighted by Gasteiger charge is 2.22. The van der Waals surface area contributed by atoms with Gasteiger partial charge in [0.15, 0.2) is 11.6 Å². The van der Waals surface area contributed by atoms with Crippen molar-refractivity contribution in [2.45, 2.75) is 0 Å². The highest BCUT2D eigenvalue weighted by molar-refractivity contribution is 6.15. The summed E-state index contributed by atoms with van der Waals surface area (Å²) in [5.41, 5.74) is 11.4. The third-order valence-corrected chi connectivity index (χ3v) is 12.0. The molecule has 0 aliphatic rings. The van der Waals surface area contributed by atoms with Crippen molar-refractivity contribution in [3.05, 3.63) is 194 Å². The van der Waals surface area contributed by atoms with Gasteiger partial charge in [-0.05, 0) is 72.8 Å². The van der Waals surface area contributed by atoms with Crippen LogP contribution in [0.1, 0.15) is 0 Å². The second-order valence-corrected chi connectivity index (χ2v) is 15.4. The van der Waals surface area contributed by atoms with Gasteiger partial charge in [-0.2, -0.15) is 4.98 Å². The molecule has 0 saturated carbocycles. The number of benzene rings is 8. The number of fused-ring (bicyclic) bond motifs is 10. The largest absolute Gasteiger partial charge is 0.438 e. The van der Waals surface area contributed by atoms with E-state index in [-0.39, 0.29) is 0 Å². The van der Waals surface area contributed by atoms with E-state index in [2.05, 4.69) is 155 Å². The first kappa shape index (κ1) is 33.5. The molecule has 0 radical (unpaired) electrons. The van der Waals surface area contributed by atoms with Crippen LogP contribution in [-0.4, -0.2) is 29.1 Å². The van der Waals surface area contributed by atoms with E-state index in [9.17, 15) is 0 Å². The Morgan fingerprint density at radius 1 is 0.361 bits per heavy atom. The average molecular weight is 781 g/mol. The minimum Gasteiger partial charge on any atom is -0.438 e. The number of nitrogens with zero attached hydrogens (tertiary/aromatic N) is 6. The first-order valence-corrected chi connectivity index (χ1v) is 20.4. The van der Waals surface area contributed by atoms with E-state index in [0.717, 1.165) is 99.4 Å². The molecule has 0 aliphatic heterocycles. The van der Waals surface area contributed by atoms with Crippen molar-refractivity contribution in [3.63, 3.8) is 0 Å². The number of rotatable bonds is 5. The topological polar surface area (TPSA) is 74.6 Å². The number of para-hydroxylation sites is 5. The summed E-state index contributed by atoms with van der Waals surface area (Å²) in [7, 11) is 0. The summed E-state index contributed by atoms with van der Waals surface area (Å²) in [4.78, 5) is 20.9. The Hall–Kier alpha value is -8.42. The highest BCUT2D eigenvalue weighted by atomic mass is 16.3. The number of hydrogen-bond acceptors (Lipinski definition) is 5. The van der Waals surface area contributed by atoms with Crippen LogP contribution in [0.4, 0.5) is 0 Å². The molecule has 0 atom stereocenters. The standard InChI is InChI=1S/C54H32N6O/c1-3-15-33(16-4-1)51-55-43-23-11-7-21-39(43)53(57-51)60-45-25-13-9-20-38(45)42-32-35(28-30-47(42)60)52-56-50(49-40-22-10-14-26-48(40)61-54(49)58-52)34-27-29-46-41(31-34)37-19-8-12-24-44(37)59(46)36-17-5-2-6-18-36/h1-32H. The van der Waals surface area contributed by atoms with Gasteiger partial charge in [-0.25, -0.2) is 15.0 Å². The molecule has 5 aromatic heterocycles. The van der Waals surface area contributed by atoms with Crippen LogP contribution >= 0.6 is 0 Å². The SMILES string of the molecule is c1ccc(-c2nc(-n3c4ccccc4c4cc(-c5nc(-c6ccc7c(c6)c6ccccc6n7-c6ccccc6)c6c(n5)oc5ccccc56)ccc43)c3ccccc3n2)cc1. The van der Waals surface area contributed by atoms with Crippen molar-refractivity contribution in [2.24, 2.45) is 0 Å². The normalized spacial score (nSPS) is 11.9. The molecule has 0 bridgehead atoms. The predicted octanol–water partition coefficient (Wildman–Crippen LogP) is 13.5. The summed E-state index contributed by atoms with van der Waals surface area (Å²) >= 11 is 0. The van der Waals surface area contributed by atoms with E-state index < -0.39 is 0 Å². The molecule has 5 heterocycles. The molecular weight excluding hydrogens is 749 g/mol. The Labute approximate surface area is 348 Å². The van der Waals surface area contributed by atoms with Gasteiger partial charge >= 0.3 is 0 Å². The van der Waals surface area contributed by atoms with Crippen LogP contribution in [0.2, 0.25) is 0 Å². The summed E-state index contributed by atoms with van der Waals surface area (Å²) in [6.45, 7) is 0. The lowest BCUT2D eigenvalue weighted by Gasteiger charge is -2.13. The van der Waals surface area contributed by atoms with Gasteiger partial charge in [-0.1, -0.05) is 121 Å². The molecule has 13 rings (SSSR count). The molecule has 284 valence electrons. The lowest BCUT2D eigenvalue weighted by Crippen LogP contribution is -2.02. The zero-order chi connectivity index (χ0) is 40.0. The number of furan rings is 1. The van der Waals surface area contributed by atoms with Gasteiger partial charge in [0, 0.05) is 54.7 Å². The van der Waals surface area contributed by atoms with E-state index in [1.807, 2.05) is 48.5 Å². The molecule has 7 nitrogen and oxygen atoms in total. The maximum absolute atomic E-state index is 6.53. The van der Waals surface area contributed by atoms with Crippen molar-refractivity contribution in [2.75, 3.05) is 0 Å². The van der Waals surface area contributed by atoms with E-state index >= 15 is 0 Å². The predicted molar refractivity (Wildman–Crippen MR) is 247 cm³/mol. The minimum atomic E-state index is 0.552. The molecule has 0 saturated heterocycles. The Bertz CT molecular complexity index is 3880. The molecule has 8 aromatic carbocycles. The second-order valence-electron chi connectivity index (χ2n) is 15.4. The van der Waals surface area contributed by atoms with Gasteiger partial charge in [0.25, 0.3) is 0 Å². The zero-order valence-electron chi connectivity index (χ0n) is 32.6. The van der Waals surface area contributed by atoms with Crippen molar-refractivity contribution >= 4 is 76.6 Å². The van der Waals surface area contributed by atoms with Gasteiger partial charge in [-0.15, -0.1) is 0 Å². The molecular formula is C54H32N6O. The Morgan fingerprint density at radius 3 is 1.69 bits per heavy atom. The van der Waals surface area contributed by atoms with E-state index in [4.69, 9.17) is 24.4 Å². The zero-order valence-corrected chi connectivity index (χ0v) is 32.6. The lowest BCUT2D eigenvalue weighted by atomic mass is 10.0. The molecule has 13 aromatic rings. The fourth-order valence-electron chi connectivity index (χ4n) is 9.22. The third-order valence-electron chi connectivity index (χ3n) is 12.0. The van der Waals surface area contributed by atoms with E-state index in [1.54, 1.807) is 0 Å². The molecule has 0 unspecified atom stereocenters. The fourth-order valence-corrected chi connectivity index (χ4v) is 9.22. The van der Waals surface area contributed by atoms with Crippen molar-refractivity contribution < 1.29 is 4.42 Å². The Kier molecular flexibility index (Phi) is 7.17. The summed E-state index contributed by atoms with van der Waals surface area (Å²) in [6, 6.07) is 67.3. The number of hydrogen-bond donors (Lipinski definition) is 0. The summed E-state index contributed by atoms with van der Waals surface area (Å²) in [5, 5.41) is 7.36. The Morgan fingerprint density at radius 2 is 0.918 bits per heavy atom. The summed E-state index contributed by atoms with van der Waals surface area (Å²) in [5.74, 6) is 2.10. The lowest BCUT2D eigenvalue weighted by molar-refractivity contribution is 0.653. The highest BCUT2D eigenvalue weighted by Crippen LogP contribution is 2.41. The summed E-state index contributed by atoms with van der Waals surface area (Å²) < 4.78 is 11.1. The van der Waals surface area contributed by atoms with Crippen LogP contribution in [0.25, 0.3) is 122 Å². The van der Waals surface area contributed by atoms with Crippen LogP contribution in [0.3, 0.4) is 0 Å². The van der Waals surface area contributed by atoms with E-state index in [0.29, 0.717) is 17.4 Å². The quantitative estimate of drug-likeness (QED) is 0.174. The second kappa shape index (κ2) is 13.0. The van der Waals surface area contributed by atoms with E-state index in [1.165, 1.54) is 5.39 Å². The molecule has 0 spiro atoms. The van der Waals surface area contributed by atoms with Crippen molar-refractivity contribution in [1.29, 1.82) is 0 Å². The average Bonchev–Trinajstić information content (AvgIpc) is 3.99. The molecule has 0 N–H and O–H groups in total. The molecule has 0 fully saturated rings. The van der Waals surface area contributed by atoms with Gasteiger partial charge in [0.2, 0.25) is 5.71 Å². The summed E-state index contributed by atoms with van der Waals surface area (Å²) in [6.07, 6.45) is 0. The smallest absolute Gasteiger partial charge is 0.231 e. The van der Waals surface area contributed by atoms with Crippen LogP contribution in [-0.2, 0) is 0 Å². The third kappa shape index (κ3) is 5.11. The monoisotopic (exact) mass is 780 g/mol. The van der Waals surface area contributed by atoms with Gasteiger partial charge in [0.1, 0.15) is 11.4 Å². The fraction of sp³-hybridized carbons (Fsp3) is 0. The molecule has 0 aliphatic carbocycles. The van der Waals surface area contributed by atoms with Gasteiger partial charge in [0.05, 0.1) is 38.7 Å². The maximum Gasteiger partial charge on any atom is 0.231 e. The van der Waals surface area contributed by atoms with Crippen molar-refractivity contribution in [3.8, 4) is 45.5 Å². The molecule has 61 heavy (non-hydrogen) atoms. The van der Waals surface area contributed by atoms with Crippen LogP contribution < -0.4 is 0 Å². The first-order chi connectivity index (χ1) is 30.2. The minimum absolute atomic E-state index is 0.552. The van der Waals surface area contributed by atoms with Crippen molar-refractivity contribution in [1.82, 2.24) is 29.1 Å². The van der Waals surface area contributed by atoms with Gasteiger partial charge in [-0.3, -0.25) is 4.57 Å². The first-order valence-electron chi connectivity index (χ1n) is 20.4. The number of aromatic nitrogens is 6. The molecule has 7 heteroatoms. The Balaban J connectivity index is 1.04.